The van der Waals surface area contributed by atoms with Crippen molar-refractivity contribution in [3.05, 3.63) is 23.8 Å². The molecule has 0 heterocycles. The zero-order chi connectivity index (χ0) is 12.4. The van der Waals surface area contributed by atoms with Crippen molar-refractivity contribution in [2.75, 3.05) is 17.7 Å². The Morgan fingerprint density at radius 3 is 2.71 bits per heavy atom. The first-order valence-electron chi connectivity index (χ1n) is 6.67. The van der Waals surface area contributed by atoms with Crippen molar-refractivity contribution in [1.82, 2.24) is 0 Å². The number of nitrogens with two attached hydrogens (primary N) is 1. The van der Waals surface area contributed by atoms with E-state index in [0.717, 1.165) is 11.6 Å². The first-order chi connectivity index (χ1) is 8.08. The van der Waals surface area contributed by atoms with E-state index in [9.17, 15) is 0 Å². The van der Waals surface area contributed by atoms with Crippen molar-refractivity contribution in [1.29, 1.82) is 0 Å². The van der Waals surface area contributed by atoms with Gasteiger partial charge in [0.05, 0.1) is 0 Å². The summed E-state index contributed by atoms with van der Waals surface area (Å²) in [7, 11) is 2.20. The molecule has 1 aromatic carbocycles. The third kappa shape index (κ3) is 2.74. The molecule has 0 bridgehead atoms. The molecule has 1 aliphatic rings. The van der Waals surface area contributed by atoms with Gasteiger partial charge in [0, 0.05) is 24.5 Å². The van der Waals surface area contributed by atoms with Crippen LogP contribution >= 0.6 is 0 Å². The van der Waals surface area contributed by atoms with Crippen LogP contribution < -0.4 is 10.6 Å². The fourth-order valence-electron chi connectivity index (χ4n) is 2.81. The largest absolute Gasteiger partial charge is 0.398 e. The molecular formula is C15H24N2. The highest BCUT2D eigenvalue weighted by Gasteiger charge is 2.22. The van der Waals surface area contributed by atoms with Crippen molar-refractivity contribution in [3.63, 3.8) is 0 Å². The molecule has 2 atom stereocenters. The lowest BCUT2D eigenvalue weighted by atomic mass is 9.86. The molecule has 0 spiro atoms. The number of rotatable bonds is 2. The van der Waals surface area contributed by atoms with Gasteiger partial charge in [0.15, 0.2) is 0 Å². The van der Waals surface area contributed by atoms with Crippen LogP contribution in [0.15, 0.2) is 18.2 Å². The van der Waals surface area contributed by atoms with Gasteiger partial charge in [-0.2, -0.15) is 0 Å². The van der Waals surface area contributed by atoms with E-state index in [2.05, 4.69) is 44.0 Å². The third-order valence-corrected chi connectivity index (χ3v) is 4.13. The molecule has 2 nitrogen and oxygen atoms in total. The molecule has 94 valence electrons. The summed E-state index contributed by atoms with van der Waals surface area (Å²) in [6.07, 6.45) is 5.37. The van der Waals surface area contributed by atoms with Crippen LogP contribution in [0.1, 0.15) is 38.2 Å². The predicted octanol–water partition coefficient (Wildman–Crippen LogP) is 3.59. The van der Waals surface area contributed by atoms with Gasteiger partial charge in [-0.25, -0.2) is 0 Å². The summed E-state index contributed by atoms with van der Waals surface area (Å²) in [5.41, 5.74) is 9.31. The highest BCUT2D eigenvalue weighted by molar-refractivity contribution is 5.59. The highest BCUT2D eigenvalue weighted by atomic mass is 15.1. The lowest BCUT2D eigenvalue weighted by molar-refractivity contribution is 0.336. The molecular weight excluding hydrogens is 208 g/mol. The van der Waals surface area contributed by atoms with E-state index >= 15 is 0 Å². The average molecular weight is 232 g/mol. The second-order valence-electron chi connectivity index (χ2n) is 5.58. The maximum atomic E-state index is 5.99. The minimum Gasteiger partial charge on any atom is -0.398 e. The van der Waals surface area contributed by atoms with Crippen LogP contribution in [-0.2, 0) is 0 Å². The summed E-state index contributed by atoms with van der Waals surface area (Å²) in [6.45, 7) is 4.42. The minimum absolute atomic E-state index is 0.681. The van der Waals surface area contributed by atoms with Gasteiger partial charge in [0.2, 0.25) is 0 Å². The van der Waals surface area contributed by atoms with Crippen LogP contribution in [0, 0.1) is 12.8 Å². The molecule has 0 aliphatic heterocycles. The summed E-state index contributed by atoms with van der Waals surface area (Å²) in [5, 5.41) is 0. The molecule has 0 radical (unpaired) electrons. The second-order valence-corrected chi connectivity index (χ2v) is 5.58. The lowest BCUT2D eigenvalue weighted by Crippen LogP contribution is -2.35. The molecule has 2 N–H and O–H groups in total. The van der Waals surface area contributed by atoms with Gasteiger partial charge in [-0.3, -0.25) is 0 Å². The summed E-state index contributed by atoms with van der Waals surface area (Å²) in [5.74, 6) is 0.860. The minimum atomic E-state index is 0.681. The van der Waals surface area contributed by atoms with Crippen molar-refractivity contribution < 1.29 is 0 Å². The van der Waals surface area contributed by atoms with Gasteiger partial charge < -0.3 is 10.6 Å². The standard InChI is InChI=1S/C15H24N2/c1-11-5-4-6-13(9-11)17(3)14-8-7-12(2)15(16)10-14/h7-8,10-11,13H,4-6,9,16H2,1-3H3. The zero-order valence-corrected chi connectivity index (χ0v) is 11.2. The number of hydrogen-bond donors (Lipinski definition) is 1. The van der Waals surface area contributed by atoms with Crippen LogP contribution in [0.4, 0.5) is 11.4 Å². The van der Waals surface area contributed by atoms with Gasteiger partial charge in [-0.05, 0) is 43.4 Å². The Kier molecular flexibility index (Phi) is 3.60. The van der Waals surface area contributed by atoms with E-state index in [1.807, 2.05) is 0 Å². The van der Waals surface area contributed by atoms with Gasteiger partial charge in [-0.1, -0.05) is 25.8 Å². The van der Waals surface area contributed by atoms with Crippen LogP contribution in [-0.4, -0.2) is 13.1 Å². The summed E-state index contributed by atoms with van der Waals surface area (Å²) >= 11 is 0. The molecule has 1 aromatic rings. The highest BCUT2D eigenvalue weighted by Crippen LogP contribution is 2.30. The SMILES string of the molecule is Cc1ccc(N(C)C2CCCC(C)C2)cc1N. The Morgan fingerprint density at radius 2 is 2.06 bits per heavy atom. The first kappa shape index (κ1) is 12.3. The smallest absolute Gasteiger partial charge is 0.0386 e. The average Bonchev–Trinajstić information content (AvgIpc) is 2.32. The normalized spacial score (nSPS) is 24.6. The number of nitrogens with zero attached hydrogens (tertiary/aromatic N) is 1. The van der Waals surface area contributed by atoms with Gasteiger partial charge >= 0.3 is 0 Å². The summed E-state index contributed by atoms with van der Waals surface area (Å²) < 4.78 is 0. The molecule has 17 heavy (non-hydrogen) atoms. The van der Waals surface area contributed by atoms with E-state index < -0.39 is 0 Å². The Balaban J connectivity index is 2.12. The lowest BCUT2D eigenvalue weighted by Gasteiger charge is -2.35. The third-order valence-electron chi connectivity index (χ3n) is 4.13. The van der Waals surface area contributed by atoms with Gasteiger partial charge in [0.25, 0.3) is 0 Å². The van der Waals surface area contributed by atoms with Gasteiger partial charge in [0.1, 0.15) is 0 Å². The first-order valence-corrected chi connectivity index (χ1v) is 6.67. The Bertz CT molecular complexity index is 387. The van der Waals surface area contributed by atoms with Crippen LogP contribution in [0.2, 0.25) is 0 Å². The van der Waals surface area contributed by atoms with E-state index in [4.69, 9.17) is 5.73 Å². The molecule has 1 fully saturated rings. The Morgan fingerprint density at radius 1 is 1.29 bits per heavy atom. The zero-order valence-electron chi connectivity index (χ0n) is 11.2. The van der Waals surface area contributed by atoms with Gasteiger partial charge in [-0.15, -0.1) is 0 Å². The van der Waals surface area contributed by atoms with Crippen molar-refractivity contribution in [2.45, 2.75) is 45.6 Å². The fraction of sp³-hybridized carbons (Fsp3) is 0.600. The van der Waals surface area contributed by atoms with Crippen molar-refractivity contribution in [2.24, 2.45) is 5.92 Å². The number of anilines is 2. The molecule has 2 heteroatoms. The van der Waals surface area contributed by atoms with E-state index in [1.54, 1.807) is 0 Å². The second kappa shape index (κ2) is 4.99. The molecule has 1 aliphatic carbocycles. The van der Waals surface area contributed by atoms with Crippen LogP contribution in [0.5, 0.6) is 0 Å². The Hall–Kier alpha value is -1.18. The fourth-order valence-corrected chi connectivity index (χ4v) is 2.81. The molecule has 0 aromatic heterocycles. The van der Waals surface area contributed by atoms with Crippen molar-refractivity contribution >= 4 is 11.4 Å². The maximum Gasteiger partial charge on any atom is 0.0386 e. The predicted molar refractivity (Wildman–Crippen MR) is 75.4 cm³/mol. The van der Waals surface area contributed by atoms with Crippen molar-refractivity contribution in [3.8, 4) is 0 Å². The molecule has 0 amide bonds. The number of benzene rings is 1. The van der Waals surface area contributed by atoms with E-state index in [1.165, 1.54) is 36.9 Å². The van der Waals surface area contributed by atoms with E-state index in [0.29, 0.717) is 6.04 Å². The number of hydrogen-bond acceptors (Lipinski definition) is 2. The molecule has 1 saturated carbocycles. The Labute approximate surface area is 105 Å². The van der Waals surface area contributed by atoms with Crippen LogP contribution in [0.3, 0.4) is 0 Å². The number of aryl methyl sites for hydroxylation is 1. The maximum absolute atomic E-state index is 5.99. The van der Waals surface area contributed by atoms with E-state index in [-0.39, 0.29) is 0 Å². The monoisotopic (exact) mass is 232 g/mol. The number of nitrogen functional groups attached to an aromatic ring is 1. The topological polar surface area (TPSA) is 29.3 Å². The molecule has 2 rings (SSSR count). The summed E-state index contributed by atoms with van der Waals surface area (Å²) in [4.78, 5) is 2.41. The molecule has 0 saturated heterocycles. The summed E-state index contributed by atoms with van der Waals surface area (Å²) in [6, 6.07) is 7.09. The molecule has 2 unspecified atom stereocenters. The quantitative estimate of drug-likeness (QED) is 0.790. The van der Waals surface area contributed by atoms with Crippen LogP contribution in [0.25, 0.3) is 0 Å².